The summed E-state index contributed by atoms with van der Waals surface area (Å²) in [6, 6.07) is 0.840. The minimum Gasteiger partial charge on any atom is -0.406 e. The third-order valence-electron chi connectivity index (χ3n) is 2.60. The second kappa shape index (κ2) is 9.29. The van der Waals surface area contributed by atoms with E-state index in [1.54, 1.807) is 0 Å². The van der Waals surface area contributed by atoms with Crippen LogP contribution in [-0.4, -0.2) is 17.1 Å². The van der Waals surface area contributed by atoms with E-state index in [-0.39, 0.29) is 0 Å². The van der Waals surface area contributed by atoms with E-state index in [4.69, 9.17) is 4.84 Å². The molecule has 0 fully saturated rings. The van der Waals surface area contributed by atoms with Gasteiger partial charge in [0.25, 0.3) is 0 Å². The molecule has 0 aliphatic carbocycles. The number of nitrogens with zero attached hydrogens (tertiary/aromatic N) is 1. The second-order valence-electron chi connectivity index (χ2n) is 4.70. The molecule has 1 atom stereocenters. The predicted molar refractivity (Wildman–Crippen MR) is 75.6 cm³/mol. The van der Waals surface area contributed by atoms with Gasteiger partial charge in [-0.1, -0.05) is 26.3 Å². The van der Waals surface area contributed by atoms with Crippen molar-refractivity contribution in [2.24, 2.45) is 0 Å². The first kappa shape index (κ1) is 16.2. The molecule has 0 aliphatic rings. The van der Waals surface area contributed by atoms with Crippen LogP contribution in [0.25, 0.3) is 0 Å². The smallest absolute Gasteiger partial charge is 0.143 e. The number of rotatable bonds is 8. The summed E-state index contributed by atoms with van der Waals surface area (Å²) in [6.07, 6.45) is 9.50. The summed E-state index contributed by atoms with van der Waals surface area (Å²) in [4.78, 5) is 6.01. The van der Waals surface area contributed by atoms with Crippen LogP contribution >= 0.6 is 0 Å². The highest BCUT2D eigenvalue weighted by atomic mass is 16.7. The highest BCUT2D eigenvalue weighted by Crippen LogP contribution is 2.16. The van der Waals surface area contributed by atoms with E-state index in [0.717, 1.165) is 18.6 Å². The monoisotopic (exact) mass is 239 g/mol. The van der Waals surface area contributed by atoms with Crippen LogP contribution < -0.4 is 0 Å². The average Bonchev–Trinajstić information content (AvgIpc) is 2.26. The summed E-state index contributed by atoms with van der Waals surface area (Å²) in [5, 5.41) is 2.10. The van der Waals surface area contributed by atoms with Crippen LogP contribution in [0.15, 0.2) is 24.0 Å². The number of hydrogen-bond acceptors (Lipinski definition) is 2. The van der Waals surface area contributed by atoms with Gasteiger partial charge in [0, 0.05) is 12.1 Å². The quantitative estimate of drug-likeness (QED) is 0.346. The van der Waals surface area contributed by atoms with Gasteiger partial charge in [0.05, 0.1) is 0 Å². The first-order valence-electron chi connectivity index (χ1n) is 6.85. The fourth-order valence-electron chi connectivity index (χ4n) is 1.87. The Hall–Kier alpha value is -0.760. The van der Waals surface area contributed by atoms with Crippen LogP contribution in [0.5, 0.6) is 0 Å². The molecule has 0 aromatic heterocycles. The summed E-state index contributed by atoms with van der Waals surface area (Å²) in [6.45, 7) is 12.9. The van der Waals surface area contributed by atoms with Crippen LogP contribution in [-0.2, 0) is 4.84 Å². The molecule has 100 valence electrons. The van der Waals surface area contributed by atoms with Crippen molar-refractivity contribution >= 4 is 0 Å². The van der Waals surface area contributed by atoms with Crippen molar-refractivity contribution in [3.05, 3.63) is 24.0 Å². The minimum absolute atomic E-state index is 0.391. The highest BCUT2D eigenvalue weighted by molar-refractivity contribution is 5.10. The van der Waals surface area contributed by atoms with Crippen molar-refractivity contribution in [1.29, 1.82) is 0 Å². The van der Waals surface area contributed by atoms with Crippen molar-refractivity contribution in [2.45, 2.75) is 72.9 Å². The lowest BCUT2D eigenvalue weighted by Crippen LogP contribution is -2.38. The van der Waals surface area contributed by atoms with Crippen LogP contribution in [0.1, 0.15) is 60.8 Å². The molecule has 0 radical (unpaired) electrons. The predicted octanol–water partition coefficient (Wildman–Crippen LogP) is 4.69. The van der Waals surface area contributed by atoms with E-state index in [0.29, 0.717) is 12.1 Å². The Bertz CT molecular complexity index is 243. The summed E-state index contributed by atoms with van der Waals surface area (Å²) >= 11 is 0. The SMILES string of the molecule is C/C=C\C(=C/CC)ON(C(C)C)C(C)CCC. The maximum atomic E-state index is 6.01. The summed E-state index contributed by atoms with van der Waals surface area (Å²) in [5.74, 6) is 0.951. The van der Waals surface area contributed by atoms with Crippen LogP contribution in [0, 0.1) is 0 Å². The molecule has 0 aliphatic heterocycles. The van der Waals surface area contributed by atoms with Gasteiger partial charge in [0.1, 0.15) is 5.76 Å². The molecule has 0 N–H and O–H groups in total. The third-order valence-corrected chi connectivity index (χ3v) is 2.60. The molecule has 0 spiro atoms. The zero-order valence-corrected chi connectivity index (χ0v) is 12.4. The fourth-order valence-corrected chi connectivity index (χ4v) is 1.87. The first-order chi connectivity index (χ1) is 8.06. The Morgan fingerprint density at radius 2 is 1.88 bits per heavy atom. The number of allylic oxidation sites excluding steroid dienone is 3. The molecule has 0 rings (SSSR count). The first-order valence-corrected chi connectivity index (χ1v) is 6.85. The van der Waals surface area contributed by atoms with Gasteiger partial charge >= 0.3 is 0 Å². The van der Waals surface area contributed by atoms with Gasteiger partial charge in [-0.3, -0.25) is 0 Å². The zero-order valence-electron chi connectivity index (χ0n) is 12.4. The van der Waals surface area contributed by atoms with E-state index in [1.807, 2.05) is 19.1 Å². The summed E-state index contributed by atoms with van der Waals surface area (Å²) in [5.41, 5.74) is 0. The van der Waals surface area contributed by atoms with Crippen molar-refractivity contribution in [3.8, 4) is 0 Å². The molecule has 0 aromatic carbocycles. The standard InChI is InChI=1S/C15H29NO/c1-7-10-14(6)16(13(4)5)17-15(11-8-2)12-9-3/h8,11-14H,7,9-10H2,1-6H3/b11-8-,15-12+. The Morgan fingerprint density at radius 1 is 1.24 bits per heavy atom. The molecule has 0 saturated heterocycles. The molecule has 1 unspecified atom stereocenters. The molecular formula is C15H29NO. The molecule has 2 nitrogen and oxygen atoms in total. The zero-order chi connectivity index (χ0) is 13.3. The molecule has 0 bridgehead atoms. The van der Waals surface area contributed by atoms with Crippen molar-refractivity contribution < 1.29 is 4.84 Å². The van der Waals surface area contributed by atoms with E-state index in [1.165, 1.54) is 6.42 Å². The lowest BCUT2D eigenvalue weighted by atomic mass is 10.1. The van der Waals surface area contributed by atoms with Crippen molar-refractivity contribution in [1.82, 2.24) is 5.06 Å². The number of hydrogen-bond donors (Lipinski definition) is 0. The minimum atomic E-state index is 0.391. The van der Waals surface area contributed by atoms with Gasteiger partial charge in [-0.25, -0.2) is 0 Å². The van der Waals surface area contributed by atoms with Crippen LogP contribution in [0.3, 0.4) is 0 Å². The van der Waals surface area contributed by atoms with Crippen molar-refractivity contribution in [2.75, 3.05) is 0 Å². The van der Waals surface area contributed by atoms with E-state index >= 15 is 0 Å². The Morgan fingerprint density at radius 3 is 2.29 bits per heavy atom. The highest BCUT2D eigenvalue weighted by Gasteiger charge is 2.18. The van der Waals surface area contributed by atoms with Crippen LogP contribution in [0.4, 0.5) is 0 Å². The lowest BCUT2D eigenvalue weighted by molar-refractivity contribution is -0.166. The lowest BCUT2D eigenvalue weighted by Gasteiger charge is -2.32. The fraction of sp³-hybridized carbons (Fsp3) is 0.733. The largest absolute Gasteiger partial charge is 0.406 e. The van der Waals surface area contributed by atoms with E-state index in [2.05, 4.69) is 45.8 Å². The van der Waals surface area contributed by atoms with Gasteiger partial charge in [0.2, 0.25) is 0 Å². The summed E-state index contributed by atoms with van der Waals surface area (Å²) in [7, 11) is 0. The van der Waals surface area contributed by atoms with E-state index < -0.39 is 0 Å². The van der Waals surface area contributed by atoms with Crippen LogP contribution in [0.2, 0.25) is 0 Å². The number of hydroxylamine groups is 2. The molecule has 0 aromatic rings. The molecule has 17 heavy (non-hydrogen) atoms. The van der Waals surface area contributed by atoms with Gasteiger partial charge in [-0.15, -0.1) is 5.06 Å². The Kier molecular flexibility index (Phi) is 8.87. The second-order valence-corrected chi connectivity index (χ2v) is 4.70. The molecule has 0 saturated carbocycles. The Labute approximate surface area is 107 Å². The Balaban J connectivity index is 4.66. The molecule has 0 amide bonds. The van der Waals surface area contributed by atoms with Gasteiger partial charge in [0.15, 0.2) is 0 Å². The van der Waals surface area contributed by atoms with Gasteiger partial charge in [-0.05, 0) is 52.7 Å². The van der Waals surface area contributed by atoms with E-state index in [9.17, 15) is 0 Å². The normalized spacial score (nSPS) is 14.9. The van der Waals surface area contributed by atoms with Gasteiger partial charge in [-0.2, -0.15) is 0 Å². The average molecular weight is 239 g/mol. The maximum Gasteiger partial charge on any atom is 0.143 e. The third kappa shape index (κ3) is 6.52. The van der Waals surface area contributed by atoms with Gasteiger partial charge < -0.3 is 4.84 Å². The molecule has 2 heteroatoms. The molecule has 0 heterocycles. The molecular weight excluding hydrogens is 210 g/mol. The topological polar surface area (TPSA) is 12.5 Å². The van der Waals surface area contributed by atoms with Crippen molar-refractivity contribution in [3.63, 3.8) is 0 Å². The summed E-state index contributed by atoms with van der Waals surface area (Å²) < 4.78 is 0. The maximum absolute atomic E-state index is 6.01.